The second-order valence-corrected chi connectivity index (χ2v) is 22.7. The van der Waals surface area contributed by atoms with E-state index in [9.17, 15) is 43.5 Å². The molecule has 4 N–H and O–H groups in total. The fourth-order valence-electron chi connectivity index (χ4n) is 7.96. The molecule has 0 aromatic heterocycles. The second kappa shape index (κ2) is 51.1. The summed E-state index contributed by atoms with van der Waals surface area (Å²) in [5.41, 5.74) is 0. The SMILES string of the molecule is CCCC/C=C\CCCCCCCC(=O)OC(COC(=O)CCCCCCCCCCCCCCC)COP(=O)(O)OCC(O)COP(=O)(O)OCC(O)COC(=O)CCCCCCCCCCCCCCC. The van der Waals surface area contributed by atoms with Gasteiger partial charge in [-0.2, -0.15) is 0 Å². The summed E-state index contributed by atoms with van der Waals surface area (Å²) in [6.45, 7) is 2.63. The molecule has 0 aliphatic rings. The van der Waals surface area contributed by atoms with Crippen molar-refractivity contribution in [3.63, 3.8) is 0 Å². The number of hydrogen-bond acceptors (Lipinski definition) is 14. The Morgan fingerprint density at radius 2 is 0.658 bits per heavy atom. The van der Waals surface area contributed by atoms with Crippen molar-refractivity contribution in [2.45, 2.75) is 283 Å². The maximum atomic E-state index is 12.8. The minimum atomic E-state index is -4.90. The first-order chi connectivity index (χ1) is 35.2. The van der Waals surface area contributed by atoms with E-state index in [1.807, 2.05) is 0 Å². The molecule has 18 heteroatoms. The van der Waals surface area contributed by atoms with Crippen LogP contribution >= 0.6 is 15.6 Å². The van der Waals surface area contributed by atoms with Crippen LogP contribution in [0.1, 0.15) is 265 Å². The van der Waals surface area contributed by atoms with Crippen LogP contribution in [0.25, 0.3) is 0 Å². The molecule has 5 atom stereocenters. The third kappa shape index (κ3) is 52.1. The van der Waals surface area contributed by atoms with E-state index < -0.39 is 91.5 Å². The molecule has 0 saturated heterocycles. The van der Waals surface area contributed by atoms with Gasteiger partial charge < -0.3 is 34.2 Å². The summed E-state index contributed by atoms with van der Waals surface area (Å²) in [5.74, 6) is -1.57. The Balaban J connectivity index is 4.65. The average Bonchev–Trinajstić information content (AvgIpc) is 3.36. The summed E-state index contributed by atoms with van der Waals surface area (Å²) in [4.78, 5) is 57.9. The van der Waals surface area contributed by atoms with Crippen LogP contribution in [0.5, 0.6) is 0 Å². The smallest absolute Gasteiger partial charge is 0.463 e. The van der Waals surface area contributed by atoms with Crippen LogP contribution in [0, 0.1) is 0 Å². The molecule has 0 rings (SSSR count). The minimum absolute atomic E-state index is 0.101. The molecule has 432 valence electrons. The highest BCUT2D eigenvalue weighted by atomic mass is 31.2. The van der Waals surface area contributed by atoms with Crippen molar-refractivity contribution in [3.8, 4) is 0 Å². The lowest BCUT2D eigenvalue weighted by Gasteiger charge is -2.21. The van der Waals surface area contributed by atoms with Gasteiger partial charge in [-0.1, -0.05) is 219 Å². The summed E-state index contributed by atoms with van der Waals surface area (Å²) < 4.78 is 60.4. The third-order valence-electron chi connectivity index (χ3n) is 12.5. The number of aliphatic hydroxyl groups excluding tert-OH is 2. The topological polar surface area (TPSA) is 231 Å². The number of ether oxygens (including phenoxy) is 3. The monoisotopic (exact) mass is 1080 g/mol. The molecule has 0 heterocycles. The Morgan fingerprint density at radius 1 is 0.370 bits per heavy atom. The quantitative estimate of drug-likeness (QED) is 0.0146. The Kier molecular flexibility index (Phi) is 49.9. The van der Waals surface area contributed by atoms with E-state index in [0.29, 0.717) is 19.3 Å². The van der Waals surface area contributed by atoms with E-state index in [1.54, 1.807) is 0 Å². The lowest BCUT2D eigenvalue weighted by atomic mass is 10.0. The van der Waals surface area contributed by atoms with E-state index in [-0.39, 0.29) is 19.3 Å². The molecule has 0 radical (unpaired) electrons. The standard InChI is InChI=1S/C55H106O16P2/c1-4-7-10-13-16-19-22-24-27-29-32-35-38-41-53(58)65-44-50(56)45-67-72(61,62)68-46-51(57)47-69-73(63,64)70-49-52(71-55(60)43-40-37-34-31-26-21-18-15-12-9-6-3)48-66-54(59)42-39-36-33-30-28-25-23-20-17-14-11-8-5-2/h15,18,50-52,56-57H,4-14,16-17,19-49H2,1-3H3,(H,61,62)(H,63,64)/b18-15-. The Hall–Kier alpha value is -1.71. The number of carbonyl (C=O) groups excluding carboxylic acids is 3. The highest BCUT2D eigenvalue weighted by molar-refractivity contribution is 7.47. The zero-order chi connectivity index (χ0) is 53.9. The van der Waals surface area contributed by atoms with Gasteiger partial charge in [-0.15, -0.1) is 0 Å². The van der Waals surface area contributed by atoms with Crippen LogP contribution in [-0.2, 0) is 55.8 Å². The Morgan fingerprint density at radius 3 is 1.04 bits per heavy atom. The van der Waals surface area contributed by atoms with Crippen LogP contribution in [0.2, 0.25) is 0 Å². The molecule has 0 aromatic carbocycles. The largest absolute Gasteiger partial charge is 0.472 e. The number of allylic oxidation sites excluding steroid dienone is 2. The summed E-state index contributed by atoms with van der Waals surface area (Å²) >= 11 is 0. The average molecular weight is 1090 g/mol. The summed E-state index contributed by atoms with van der Waals surface area (Å²) in [7, 11) is -9.73. The molecule has 0 amide bonds. The molecule has 0 aliphatic carbocycles. The first-order valence-corrected chi connectivity index (χ1v) is 32.0. The molecular weight excluding hydrogens is 979 g/mol. The fraction of sp³-hybridized carbons (Fsp3) is 0.909. The highest BCUT2D eigenvalue weighted by Crippen LogP contribution is 2.45. The molecule has 0 fully saturated rings. The van der Waals surface area contributed by atoms with Crippen LogP contribution < -0.4 is 0 Å². The van der Waals surface area contributed by atoms with Crippen LogP contribution in [-0.4, -0.2) is 95.9 Å². The second-order valence-electron chi connectivity index (χ2n) is 19.8. The number of carbonyl (C=O) groups is 3. The first kappa shape index (κ1) is 71.3. The van der Waals surface area contributed by atoms with E-state index in [2.05, 4.69) is 32.9 Å². The minimum Gasteiger partial charge on any atom is -0.463 e. The van der Waals surface area contributed by atoms with Gasteiger partial charge in [-0.3, -0.25) is 32.5 Å². The number of esters is 3. The molecule has 73 heavy (non-hydrogen) atoms. The Labute approximate surface area is 442 Å². The van der Waals surface area contributed by atoms with Crippen molar-refractivity contribution in [2.75, 3.05) is 39.6 Å². The van der Waals surface area contributed by atoms with Gasteiger partial charge in [-0.05, 0) is 38.5 Å². The molecule has 0 saturated carbocycles. The van der Waals surface area contributed by atoms with Crippen LogP contribution in [0.4, 0.5) is 0 Å². The molecule has 0 aliphatic heterocycles. The molecule has 16 nitrogen and oxygen atoms in total. The summed E-state index contributed by atoms with van der Waals surface area (Å²) in [6, 6.07) is 0. The van der Waals surface area contributed by atoms with Crippen molar-refractivity contribution < 1.29 is 75.8 Å². The number of aliphatic hydroxyl groups is 2. The first-order valence-electron chi connectivity index (χ1n) is 29.0. The van der Waals surface area contributed by atoms with Gasteiger partial charge >= 0.3 is 33.6 Å². The maximum Gasteiger partial charge on any atom is 0.472 e. The molecular formula is C55H106O16P2. The van der Waals surface area contributed by atoms with Gasteiger partial charge in [0, 0.05) is 19.3 Å². The third-order valence-corrected chi connectivity index (χ3v) is 14.4. The van der Waals surface area contributed by atoms with E-state index in [4.69, 9.17) is 32.3 Å². The Bertz CT molecular complexity index is 1420. The van der Waals surface area contributed by atoms with Gasteiger partial charge in [-0.25, -0.2) is 9.13 Å². The van der Waals surface area contributed by atoms with Crippen LogP contribution in [0.15, 0.2) is 12.2 Å². The predicted molar refractivity (Wildman–Crippen MR) is 289 cm³/mol. The zero-order valence-electron chi connectivity index (χ0n) is 46.1. The highest BCUT2D eigenvalue weighted by Gasteiger charge is 2.29. The predicted octanol–water partition coefficient (Wildman–Crippen LogP) is 14.4. The van der Waals surface area contributed by atoms with Gasteiger partial charge in [0.05, 0.1) is 26.4 Å². The van der Waals surface area contributed by atoms with Crippen molar-refractivity contribution in [1.29, 1.82) is 0 Å². The lowest BCUT2D eigenvalue weighted by molar-refractivity contribution is -0.161. The lowest BCUT2D eigenvalue weighted by Crippen LogP contribution is -2.30. The fourth-order valence-corrected chi connectivity index (χ4v) is 9.55. The molecule has 0 bridgehead atoms. The number of unbranched alkanes of at least 4 members (excludes halogenated alkanes) is 31. The van der Waals surface area contributed by atoms with Crippen molar-refractivity contribution in [3.05, 3.63) is 12.2 Å². The normalized spacial score (nSPS) is 14.7. The van der Waals surface area contributed by atoms with Crippen molar-refractivity contribution in [1.82, 2.24) is 0 Å². The van der Waals surface area contributed by atoms with E-state index >= 15 is 0 Å². The maximum absolute atomic E-state index is 12.8. The van der Waals surface area contributed by atoms with Gasteiger partial charge in [0.15, 0.2) is 6.10 Å². The van der Waals surface area contributed by atoms with Crippen molar-refractivity contribution >= 4 is 33.6 Å². The number of phosphoric acid groups is 2. The number of hydrogen-bond donors (Lipinski definition) is 4. The van der Waals surface area contributed by atoms with Gasteiger partial charge in [0.2, 0.25) is 0 Å². The zero-order valence-corrected chi connectivity index (χ0v) is 47.9. The number of phosphoric ester groups is 2. The van der Waals surface area contributed by atoms with E-state index in [1.165, 1.54) is 128 Å². The van der Waals surface area contributed by atoms with Crippen LogP contribution in [0.3, 0.4) is 0 Å². The molecule has 0 spiro atoms. The summed E-state index contributed by atoms with van der Waals surface area (Å²) in [6.07, 6.45) is 40.1. The van der Waals surface area contributed by atoms with Gasteiger partial charge in [0.1, 0.15) is 25.4 Å². The summed E-state index contributed by atoms with van der Waals surface area (Å²) in [5, 5.41) is 20.4. The molecule has 0 aromatic rings. The molecule has 5 unspecified atom stereocenters. The van der Waals surface area contributed by atoms with E-state index in [0.717, 1.165) is 77.0 Å². The number of rotatable bonds is 56. The van der Waals surface area contributed by atoms with Crippen molar-refractivity contribution in [2.24, 2.45) is 0 Å². The van der Waals surface area contributed by atoms with Gasteiger partial charge in [0.25, 0.3) is 0 Å².